The zero-order chi connectivity index (χ0) is 12.4. The number of rotatable bonds is 3. The largest absolute Gasteiger partial charge is 0.309 e. The summed E-state index contributed by atoms with van der Waals surface area (Å²) in [6, 6.07) is 8.66. The standard InChI is InChI=1S/C13H13ClFNS/c1-8-7-11(17-13(8)14)12(16-2)9-3-5-10(15)6-4-9/h3-7,12,16H,1-2H3. The van der Waals surface area contributed by atoms with Crippen molar-refractivity contribution in [2.75, 3.05) is 7.05 Å². The molecule has 1 N–H and O–H groups in total. The Morgan fingerprint density at radius 1 is 1.29 bits per heavy atom. The van der Waals surface area contributed by atoms with Crippen LogP contribution in [0, 0.1) is 12.7 Å². The van der Waals surface area contributed by atoms with Gasteiger partial charge in [0, 0.05) is 4.88 Å². The highest BCUT2D eigenvalue weighted by Gasteiger charge is 2.15. The molecule has 2 aromatic rings. The van der Waals surface area contributed by atoms with Crippen molar-refractivity contribution in [3.05, 3.63) is 56.5 Å². The highest BCUT2D eigenvalue weighted by atomic mass is 35.5. The lowest BCUT2D eigenvalue weighted by molar-refractivity contribution is 0.624. The maximum atomic E-state index is 12.9. The van der Waals surface area contributed by atoms with Gasteiger partial charge in [0.05, 0.1) is 10.4 Å². The van der Waals surface area contributed by atoms with E-state index < -0.39 is 0 Å². The molecule has 1 unspecified atom stereocenters. The van der Waals surface area contributed by atoms with Crippen molar-refractivity contribution in [1.82, 2.24) is 5.32 Å². The minimum absolute atomic E-state index is 0.0619. The van der Waals surface area contributed by atoms with Crippen LogP contribution in [0.25, 0.3) is 0 Å². The van der Waals surface area contributed by atoms with Gasteiger partial charge in [-0.3, -0.25) is 0 Å². The van der Waals surface area contributed by atoms with Gasteiger partial charge in [-0.25, -0.2) is 4.39 Å². The normalized spacial score (nSPS) is 12.7. The summed E-state index contributed by atoms with van der Waals surface area (Å²) in [6.45, 7) is 1.99. The molecule has 1 aromatic carbocycles. The molecule has 1 atom stereocenters. The Morgan fingerprint density at radius 3 is 2.41 bits per heavy atom. The molecule has 90 valence electrons. The Hall–Kier alpha value is -0.900. The number of aryl methyl sites for hydroxylation is 1. The Morgan fingerprint density at radius 2 is 1.94 bits per heavy atom. The molecule has 0 aliphatic heterocycles. The molecule has 1 nitrogen and oxygen atoms in total. The maximum absolute atomic E-state index is 12.9. The molecule has 17 heavy (non-hydrogen) atoms. The molecule has 0 aliphatic carbocycles. The summed E-state index contributed by atoms with van der Waals surface area (Å²) in [5, 5.41) is 3.22. The van der Waals surface area contributed by atoms with Gasteiger partial charge in [0.1, 0.15) is 5.82 Å². The van der Waals surface area contributed by atoms with Crippen molar-refractivity contribution in [1.29, 1.82) is 0 Å². The highest BCUT2D eigenvalue weighted by Crippen LogP contribution is 2.33. The summed E-state index contributed by atoms with van der Waals surface area (Å²) < 4.78 is 13.7. The van der Waals surface area contributed by atoms with E-state index in [4.69, 9.17) is 11.6 Å². The maximum Gasteiger partial charge on any atom is 0.123 e. The summed E-state index contributed by atoms with van der Waals surface area (Å²) in [7, 11) is 1.89. The Kier molecular flexibility index (Phi) is 3.82. The van der Waals surface area contributed by atoms with Gasteiger partial charge < -0.3 is 5.32 Å². The molecular weight excluding hydrogens is 257 g/mol. The van der Waals surface area contributed by atoms with Crippen LogP contribution in [0.4, 0.5) is 4.39 Å². The van der Waals surface area contributed by atoms with Gasteiger partial charge in [0.25, 0.3) is 0 Å². The summed E-state index contributed by atoms with van der Waals surface area (Å²) in [5.74, 6) is -0.219. The third-order valence-corrected chi connectivity index (χ3v) is 4.27. The first-order chi connectivity index (χ1) is 8.11. The minimum Gasteiger partial charge on any atom is -0.309 e. The van der Waals surface area contributed by atoms with Crippen LogP contribution in [-0.4, -0.2) is 7.05 Å². The van der Waals surface area contributed by atoms with Gasteiger partial charge in [-0.2, -0.15) is 0 Å². The molecule has 0 amide bonds. The van der Waals surface area contributed by atoms with E-state index in [1.165, 1.54) is 12.1 Å². The second-order valence-electron chi connectivity index (χ2n) is 3.88. The number of nitrogens with one attached hydrogen (secondary N) is 1. The molecule has 0 bridgehead atoms. The van der Waals surface area contributed by atoms with E-state index in [9.17, 15) is 4.39 Å². The van der Waals surface area contributed by atoms with E-state index in [1.807, 2.05) is 14.0 Å². The third kappa shape index (κ3) is 2.68. The van der Waals surface area contributed by atoms with Crippen LogP contribution in [0.5, 0.6) is 0 Å². The summed E-state index contributed by atoms with van der Waals surface area (Å²) >= 11 is 7.63. The van der Waals surface area contributed by atoms with Crippen molar-refractivity contribution < 1.29 is 4.39 Å². The van der Waals surface area contributed by atoms with E-state index in [1.54, 1.807) is 23.5 Å². The number of hydrogen-bond donors (Lipinski definition) is 1. The molecule has 0 radical (unpaired) electrons. The van der Waals surface area contributed by atoms with Gasteiger partial charge in [0.2, 0.25) is 0 Å². The van der Waals surface area contributed by atoms with Crippen molar-refractivity contribution >= 4 is 22.9 Å². The summed E-state index contributed by atoms with van der Waals surface area (Å²) in [4.78, 5) is 1.14. The zero-order valence-electron chi connectivity index (χ0n) is 9.63. The van der Waals surface area contributed by atoms with Crippen LogP contribution >= 0.6 is 22.9 Å². The van der Waals surface area contributed by atoms with Crippen molar-refractivity contribution in [3.8, 4) is 0 Å². The number of halogens is 2. The molecule has 1 aromatic heterocycles. The molecule has 4 heteroatoms. The Labute approximate surface area is 109 Å². The van der Waals surface area contributed by atoms with Crippen LogP contribution in [-0.2, 0) is 0 Å². The number of thiophene rings is 1. The van der Waals surface area contributed by atoms with Crippen molar-refractivity contribution in [2.45, 2.75) is 13.0 Å². The number of hydrogen-bond acceptors (Lipinski definition) is 2. The molecule has 0 saturated heterocycles. The van der Waals surface area contributed by atoms with E-state index in [2.05, 4.69) is 11.4 Å². The molecule has 0 fully saturated rings. The summed E-state index contributed by atoms with van der Waals surface area (Å²) in [5.41, 5.74) is 2.11. The van der Waals surface area contributed by atoms with Crippen LogP contribution < -0.4 is 5.32 Å². The highest BCUT2D eigenvalue weighted by molar-refractivity contribution is 7.16. The zero-order valence-corrected chi connectivity index (χ0v) is 11.2. The van der Waals surface area contributed by atoms with Gasteiger partial charge in [-0.15, -0.1) is 11.3 Å². The smallest absolute Gasteiger partial charge is 0.123 e. The monoisotopic (exact) mass is 269 g/mol. The molecule has 0 saturated carbocycles. The Bertz CT molecular complexity index is 487. The van der Waals surface area contributed by atoms with Gasteiger partial charge in [0.15, 0.2) is 0 Å². The third-order valence-electron chi connectivity index (χ3n) is 2.65. The average molecular weight is 270 g/mol. The molecule has 2 rings (SSSR count). The molecule has 0 aliphatic rings. The fourth-order valence-corrected chi connectivity index (χ4v) is 3.11. The second-order valence-corrected chi connectivity index (χ2v) is 5.56. The van der Waals surface area contributed by atoms with E-state index in [0.29, 0.717) is 0 Å². The second kappa shape index (κ2) is 5.17. The predicted molar refractivity (Wildman–Crippen MR) is 71.4 cm³/mol. The first kappa shape index (κ1) is 12.6. The molecular formula is C13H13ClFNS. The van der Waals surface area contributed by atoms with Crippen LogP contribution in [0.15, 0.2) is 30.3 Å². The van der Waals surface area contributed by atoms with Gasteiger partial charge in [-0.05, 0) is 43.3 Å². The van der Waals surface area contributed by atoms with E-state index >= 15 is 0 Å². The lowest BCUT2D eigenvalue weighted by Gasteiger charge is -2.14. The first-order valence-electron chi connectivity index (χ1n) is 5.30. The van der Waals surface area contributed by atoms with E-state index in [0.717, 1.165) is 20.3 Å². The van der Waals surface area contributed by atoms with Crippen LogP contribution in [0.1, 0.15) is 22.0 Å². The van der Waals surface area contributed by atoms with Crippen LogP contribution in [0.3, 0.4) is 0 Å². The fourth-order valence-electron chi connectivity index (χ4n) is 1.75. The average Bonchev–Trinajstić information content (AvgIpc) is 2.63. The predicted octanol–water partition coefficient (Wildman–Crippen LogP) is 4.16. The lowest BCUT2D eigenvalue weighted by atomic mass is 10.1. The molecule has 0 spiro atoms. The SMILES string of the molecule is CNC(c1ccc(F)cc1)c1cc(C)c(Cl)s1. The van der Waals surface area contributed by atoms with Crippen molar-refractivity contribution in [2.24, 2.45) is 0 Å². The minimum atomic E-state index is -0.219. The topological polar surface area (TPSA) is 12.0 Å². The summed E-state index contributed by atoms with van der Waals surface area (Å²) in [6.07, 6.45) is 0. The quantitative estimate of drug-likeness (QED) is 0.882. The Balaban J connectivity index is 2.36. The van der Waals surface area contributed by atoms with Crippen molar-refractivity contribution in [3.63, 3.8) is 0 Å². The van der Waals surface area contributed by atoms with Crippen LogP contribution in [0.2, 0.25) is 4.34 Å². The first-order valence-corrected chi connectivity index (χ1v) is 6.50. The van der Waals surface area contributed by atoms with Gasteiger partial charge in [-0.1, -0.05) is 23.7 Å². The number of benzene rings is 1. The fraction of sp³-hybridized carbons (Fsp3) is 0.231. The van der Waals surface area contributed by atoms with E-state index in [-0.39, 0.29) is 11.9 Å². The van der Waals surface area contributed by atoms with Gasteiger partial charge >= 0.3 is 0 Å². The lowest BCUT2D eigenvalue weighted by Crippen LogP contribution is -2.16. The molecule has 1 heterocycles.